The summed E-state index contributed by atoms with van der Waals surface area (Å²) in [6, 6.07) is 0. The van der Waals surface area contributed by atoms with E-state index in [-0.39, 0.29) is 11.5 Å². The van der Waals surface area contributed by atoms with Gasteiger partial charge in [-0.2, -0.15) is 0 Å². The second-order valence-corrected chi connectivity index (χ2v) is 6.41. The van der Waals surface area contributed by atoms with E-state index in [9.17, 15) is 4.79 Å². The fourth-order valence-corrected chi connectivity index (χ4v) is 3.44. The summed E-state index contributed by atoms with van der Waals surface area (Å²) >= 11 is 1.30. The number of ether oxygens (including phenoxy) is 1. The van der Waals surface area contributed by atoms with Gasteiger partial charge in [-0.3, -0.25) is 4.79 Å². The number of carbonyl (C=O) groups excluding carboxylic acids is 1. The average Bonchev–Trinajstić information content (AvgIpc) is 2.85. The number of piperidine rings is 1. The zero-order chi connectivity index (χ0) is 14.2. The lowest BCUT2D eigenvalue weighted by Crippen LogP contribution is -2.48. The highest BCUT2D eigenvalue weighted by molar-refractivity contribution is 7.13. The normalized spacial score (nSPS) is 21.9. The van der Waals surface area contributed by atoms with Gasteiger partial charge in [0.1, 0.15) is 5.69 Å². The van der Waals surface area contributed by atoms with Crippen molar-refractivity contribution in [3.05, 3.63) is 22.7 Å². The van der Waals surface area contributed by atoms with Crippen LogP contribution in [0, 0.1) is 0 Å². The van der Waals surface area contributed by atoms with E-state index in [1.54, 1.807) is 5.38 Å². The van der Waals surface area contributed by atoms with E-state index in [2.05, 4.69) is 18.0 Å². The van der Waals surface area contributed by atoms with Crippen molar-refractivity contribution in [2.45, 2.75) is 31.8 Å². The molecule has 1 fully saturated rings. The first-order valence-corrected chi connectivity index (χ1v) is 7.79. The third-order valence-corrected chi connectivity index (χ3v) is 4.71. The first kappa shape index (κ1) is 13.6. The zero-order valence-corrected chi connectivity index (χ0v) is 12.4. The minimum Gasteiger partial charge on any atom is -0.375 e. The van der Waals surface area contributed by atoms with Crippen molar-refractivity contribution in [2.75, 3.05) is 25.4 Å². The van der Waals surface area contributed by atoms with Crippen molar-refractivity contribution in [1.29, 1.82) is 0 Å². The number of carbonyl (C=O) groups is 1. The molecule has 0 unspecified atom stereocenters. The average molecular weight is 293 g/mol. The van der Waals surface area contributed by atoms with Gasteiger partial charge in [0.05, 0.1) is 12.2 Å². The van der Waals surface area contributed by atoms with Crippen LogP contribution < -0.4 is 5.73 Å². The molecular formula is C14H19N3O2S. The second-order valence-electron chi connectivity index (χ2n) is 5.52. The topological polar surface area (TPSA) is 68.5 Å². The molecular weight excluding hydrogens is 274 g/mol. The van der Waals surface area contributed by atoms with Gasteiger partial charge in [0.25, 0.3) is 5.91 Å². The molecule has 3 rings (SSSR count). The zero-order valence-electron chi connectivity index (χ0n) is 11.6. The summed E-state index contributed by atoms with van der Waals surface area (Å²) in [6.45, 7) is 4.36. The maximum absolute atomic E-state index is 12.3. The van der Waals surface area contributed by atoms with Gasteiger partial charge in [0.2, 0.25) is 0 Å². The Morgan fingerprint density at radius 1 is 1.50 bits per heavy atom. The van der Waals surface area contributed by atoms with Gasteiger partial charge in [-0.25, -0.2) is 4.98 Å². The van der Waals surface area contributed by atoms with Gasteiger partial charge in [-0.15, -0.1) is 11.3 Å². The Kier molecular flexibility index (Phi) is 3.52. The lowest BCUT2D eigenvalue weighted by molar-refractivity contribution is -0.0522. The van der Waals surface area contributed by atoms with Crippen molar-refractivity contribution in [3.8, 4) is 0 Å². The Morgan fingerprint density at radius 3 is 2.85 bits per heavy atom. The summed E-state index contributed by atoms with van der Waals surface area (Å²) in [5.74, 6) is -0.0238. The first-order chi connectivity index (χ1) is 9.58. The van der Waals surface area contributed by atoms with Crippen LogP contribution >= 0.6 is 11.3 Å². The smallest absolute Gasteiger partial charge is 0.273 e. The number of nitrogen functional groups attached to an aromatic ring is 1. The number of amides is 1. The molecule has 2 aliphatic heterocycles. The molecule has 0 saturated carbocycles. The van der Waals surface area contributed by atoms with Gasteiger partial charge >= 0.3 is 0 Å². The van der Waals surface area contributed by atoms with Crippen LogP contribution in [0.3, 0.4) is 0 Å². The molecule has 0 aliphatic carbocycles. The van der Waals surface area contributed by atoms with Crippen LogP contribution in [-0.2, 0) is 4.74 Å². The SMILES string of the molecule is CC1=CC2(CCN(C(=O)c3csc(N)n3)CC2)OCC1. The Labute approximate surface area is 122 Å². The van der Waals surface area contributed by atoms with Crippen LogP contribution in [0.25, 0.3) is 0 Å². The van der Waals surface area contributed by atoms with Crippen molar-refractivity contribution in [1.82, 2.24) is 9.88 Å². The molecule has 5 nitrogen and oxygen atoms in total. The van der Waals surface area contributed by atoms with Gasteiger partial charge in [-0.05, 0) is 26.2 Å². The number of nitrogens with two attached hydrogens (primary N) is 1. The Morgan fingerprint density at radius 2 is 2.25 bits per heavy atom. The highest BCUT2D eigenvalue weighted by Gasteiger charge is 2.37. The number of thiazole rings is 1. The second kappa shape index (κ2) is 5.18. The van der Waals surface area contributed by atoms with Gasteiger partial charge in [-0.1, -0.05) is 11.6 Å². The molecule has 6 heteroatoms. The molecule has 3 heterocycles. The van der Waals surface area contributed by atoms with Crippen LogP contribution in [0.15, 0.2) is 17.0 Å². The minimum absolute atomic E-state index is 0.0238. The van der Waals surface area contributed by atoms with E-state index in [1.165, 1.54) is 16.9 Å². The number of rotatable bonds is 1. The molecule has 0 atom stereocenters. The lowest BCUT2D eigenvalue weighted by atomic mass is 9.87. The summed E-state index contributed by atoms with van der Waals surface area (Å²) in [5, 5.41) is 2.17. The molecule has 0 bridgehead atoms. The standard InChI is InChI=1S/C14H19N3O2S/c1-10-2-7-19-14(8-10)3-5-17(6-4-14)12(18)11-9-20-13(15)16-11/h8-9H,2-7H2,1H3,(H2,15,16). The van der Waals surface area contributed by atoms with E-state index >= 15 is 0 Å². The quantitative estimate of drug-likeness (QED) is 0.805. The molecule has 0 aromatic carbocycles. The molecule has 108 valence electrons. The Bertz CT molecular complexity index is 544. The Hall–Kier alpha value is -1.40. The monoisotopic (exact) mass is 293 g/mol. The van der Waals surface area contributed by atoms with Crippen molar-refractivity contribution in [2.24, 2.45) is 0 Å². The molecule has 0 radical (unpaired) electrons. The van der Waals surface area contributed by atoms with Gasteiger partial charge < -0.3 is 15.4 Å². The summed E-state index contributed by atoms with van der Waals surface area (Å²) in [6.07, 6.45) is 4.98. The fraction of sp³-hybridized carbons (Fsp3) is 0.571. The molecule has 1 aromatic heterocycles. The highest BCUT2D eigenvalue weighted by Crippen LogP contribution is 2.33. The Balaban J connectivity index is 1.67. The number of hydrogen-bond donors (Lipinski definition) is 1. The summed E-state index contributed by atoms with van der Waals surface area (Å²) in [4.78, 5) is 18.2. The van der Waals surface area contributed by atoms with Crippen LogP contribution in [0.4, 0.5) is 5.13 Å². The largest absolute Gasteiger partial charge is 0.375 e. The first-order valence-electron chi connectivity index (χ1n) is 6.91. The fourth-order valence-electron chi connectivity index (χ4n) is 2.90. The van der Waals surface area contributed by atoms with E-state index in [4.69, 9.17) is 10.5 Å². The minimum atomic E-state index is -0.153. The van der Waals surface area contributed by atoms with E-state index in [0.29, 0.717) is 23.9 Å². The number of nitrogens with zero attached hydrogens (tertiary/aromatic N) is 2. The number of anilines is 1. The molecule has 2 N–H and O–H groups in total. The molecule has 1 amide bonds. The van der Waals surface area contributed by atoms with Crippen LogP contribution in [-0.4, -0.2) is 41.1 Å². The number of likely N-dealkylation sites (tertiary alicyclic amines) is 1. The third kappa shape index (κ3) is 2.58. The number of hydrogen-bond acceptors (Lipinski definition) is 5. The molecule has 2 aliphatic rings. The van der Waals surface area contributed by atoms with Crippen LogP contribution in [0.5, 0.6) is 0 Å². The summed E-state index contributed by atoms with van der Waals surface area (Å²) in [5.41, 5.74) is 7.28. The third-order valence-electron chi connectivity index (χ3n) is 4.03. The predicted molar refractivity (Wildman–Crippen MR) is 78.7 cm³/mol. The number of aromatic nitrogens is 1. The molecule has 1 spiro atoms. The van der Waals surface area contributed by atoms with Crippen LogP contribution in [0.2, 0.25) is 0 Å². The maximum atomic E-state index is 12.3. The molecule has 1 saturated heterocycles. The maximum Gasteiger partial charge on any atom is 0.273 e. The van der Waals surface area contributed by atoms with Gasteiger partial charge in [0.15, 0.2) is 5.13 Å². The van der Waals surface area contributed by atoms with Crippen LogP contribution in [0.1, 0.15) is 36.7 Å². The van der Waals surface area contributed by atoms with Crippen molar-refractivity contribution < 1.29 is 9.53 Å². The molecule has 20 heavy (non-hydrogen) atoms. The highest BCUT2D eigenvalue weighted by atomic mass is 32.1. The van der Waals surface area contributed by atoms with Gasteiger partial charge in [0, 0.05) is 18.5 Å². The van der Waals surface area contributed by atoms with E-state index < -0.39 is 0 Å². The van der Waals surface area contributed by atoms with E-state index in [0.717, 1.165) is 25.9 Å². The van der Waals surface area contributed by atoms with Crippen molar-refractivity contribution in [3.63, 3.8) is 0 Å². The lowest BCUT2D eigenvalue weighted by Gasteiger charge is -2.42. The predicted octanol–water partition coefficient (Wildman–Crippen LogP) is 2.07. The van der Waals surface area contributed by atoms with Crippen molar-refractivity contribution >= 4 is 22.4 Å². The summed E-state index contributed by atoms with van der Waals surface area (Å²) in [7, 11) is 0. The summed E-state index contributed by atoms with van der Waals surface area (Å²) < 4.78 is 5.97. The van der Waals surface area contributed by atoms with E-state index in [1.807, 2.05) is 4.90 Å². The molecule has 1 aromatic rings.